The number of fused-ring (bicyclic) bond motifs is 1. The summed E-state index contributed by atoms with van der Waals surface area (Å²) in [5.74, 6) is 0.489. The predicted molar refractivity (Wildman–Crippen MR) is 91.6 cm³/mol. The molecule has 2 fully saturated rings. The maximum Gasteiger partial charge on any atom is 0.241 e. The van der Waals surface area contributed by atoms with Gasteiger partial charge in [0.2, 0.25) is 5.91 Å². The number of nitrogens with zero attached hydrogens (tertiary/aromatic N) is 2. The van der Waals surface area contributed by atoms with Gasteiger partial charge in [0.25, 0.3) is 0 Å². The minimum atomic E-state index is -3.13. The summed E-state index contributed by atoms with van der Waals surface area (Å²) in [6.07, 6.45) is 0. The SMILES string of the molecule is CC(C)CN1CC(=O)N(c2ccc(Cl)cc2)C2CS(=O)(=O)CC21. The molecular weight excluding hydrogens is 336 g/mol. The number of carbonyl (C=O) groups is 1. The van der Waals surface area contributed by atoms with E-state index in [0.29, 0.717) is 10.9 Å². The van der Waals surface area contributed by atoms with Gasteiger partial charge in [-0.2, -0.15) is 0 Å². The third-order valence-corrected chi connectivity index (χ3v) is 6.36. The van der Waals surface area contributed by atoms with Gasteiger partial charge in [-0.05, 0) is 30.2 Å². The molecule has 0 aromatic heterocycles. The van der Waals surface area contributed by atoms with Crippen molar-refractivity contribution in [2.75, 3.05) is 29.5 Å². The first-order valence-corrected chi connectivity index (χ1v) is 9.99. The van der Waals surface area contributed by atoms with Crippen LogP contribution in [0.5, 0.6) is 0 Å². The summed E-state index contributed by atoms with van der Waals surface area (Å²) in [7, 11) is -3.13. The van der Waals surface area contributed by atoms with Crippen molar-refractivity contribution >= 4 is 33.0 Å². The van der Waals surface area contributed by atoms with Gasteiger partial charge in [-0.3, -0.25) is 9.69 Å². The van der Waals surface area contributed by atoms with E-state index in [4.69, 9.17) is 11.6 Å². The molecule has 0 aliphatic carbocycles. The molecule has 0 saturated carbocycles. The molecule has 126 valence electrons. The Hall–Kier alpha value is -1.11. The maximum absolute atomic E-state index is 12.7. The Labute approximate surface area is 142 Å². The minimum Gasteiger partial charge on any atom is -0.306 e. The zero-order chi connectivity index (χ0) is 16.8. The number of rotatable bonds is 3. The van der Waals surface area contributed by atoms with E-state index in [1.54, 1.807) is 29.2 Å². The van der Waals surface area contributed by atoms with E-state index in [1.165, 1.54) is 0 Å². The van der Waals surface area contributed by atoms with Crippen LogP contribution in [0.4, 0.5) is 5.69 Å². The third kappa shape index (κ3) is 3.39. The smallest absolute Gasteiger partial charge is 0.241 e. The van der Waals surface area contributed by atoms with Crippen molar-refractivity contribution in [3.63, 3.8) is 0 Å². The predicted octanol–water partition coefficient (Wildman–Crippen LogP) is 1.81. The van der Waals surface area contributed by atoms with Crippen molar-refractivity contribution in [3.8, 4) is 0 Å². The van der Waals surface area contributed by atoms with Gasteiger partial charge in [0.1, 0.15) is 0 Å². The topological polar surface area (TPSA) is 57.7 Å². The molecule has 1 aromatic rings. The van der Waals surface area contributed by atoms with Gasteiger partial charge in [0, 0.05) is 23.3 Å². The molecule has 2 aliphatic heterocycles. The summed E-state index contributed by atoms with van der Waals surface area (Å²) in [6.45, 7) is 5.15. The Morgan fingerprint density at radius 3 is 2.39 bits per heavy atom. The van der Waals surface area contributed by atoms with Gasteiger partial charge in [0.15, 0.2) is 9.84 Å². The molecule has 0 bridgehead atoms. The summed E-state index contributed by atoms with van der Waals surface area (Å²) in [6, 6.07) is 6.56. The fourth-order valence-electron chi connectivity index (χ4n) is 3.56. The van der Waals surface area contributed by atoms with E-state index in [1.807, 2.05) is 4.90 Å². The summed E-state index contributed by atoms with van der Waals surface area (Å²) in [4.78, 5) is 16.4. The van der Waals surface area contributed by atoms with Crippen molar-refractivity contribution in [2.45, 2.75) is 25.9 Å². The second kappa shape index (κ2) is 6.07. The first kappa shape index (κ1) is 16.7. The molecule has 2 unspecified atom stereocenters. The largest absolute Gasteiger partial charge is 0.306 e. The highest BCUT2D eigenvalue weighted by Gasteiger charge is 2.49. The fourth-order valence-corrected chi connectivity index (χ4v) is 5.67. The third-order valence-electron chi connectivity index (χ3n) is 4.41. The number of piperazine rings is 1. The molecule has 7 heteroatoms. The molecule has 1 aromatic carbocycles. The van der Waals surface area contributed by atoms with E-state index in [2.05, 4.69) is 13.8 Å². The summed E-state index contributed by atoms with van der Waals surface area (Å²) in [5, 5.41) is 0.593. The van der Waals surface area contributed by atoms with Crippen LogP contribution in [-0.4, -0.2) is 55.9 Å². The Morgan fingerprint density at radius 2 is 1.78 bits per heavy atom. The zero-order valence-corrected chi connectivity index (χ0v) is 14.8. The Kier molecular flexibility index (Phi) is 4.42. The lowest BCUT2D eigenvalue weighted by atomic mass is 10.0. The van der Waals surface area contributed by atoms with E-state index >= 15 is 0 Å². The van der Waals surface area contributed by atoms with Crippen molar-refractivity contribution in [2.24, 2.45) is 5.92 Å². The summed E-state index contributed by atoms with van der Waals surface area (Å²) in [5.41, 5.74) is 0.718. The average molecular weight is 357 g/mol. The zero-order valence-electron chi connectivity index (χ0n) is 13.3. The van der Waals surface area contributed by atoms with Crippen molar-refractivity contribution in [3.05, 3.63) is 29.3 Å². The second-order valence-electron chi connectivity index (χ2n) is 6.78. The highest BCUT2D eigenvalue weighted by Crippen LogP contribution is 2.32. The first-order chi connectivity index (χ1) is 10.8. The van der Waals surface area contributed by atoms with Gasteiger partial charge < -0.3 is 4.90 Å². The first-order valence-electron chi connectivity index (χ1n) is 7.79. The van der Waals surface area contributed by atoms with E-state index in [-0.39, 0.29) is 36.0 Å². The number of sulfone groups is 1. The molecule has 2 atom stereocenters. The summed E-state index contributed by atoms with van der Waals surface area (Å²) < 4.78 is 24.4. The van der Waals surface area contributed by atoms with Gasteiger partial charge in [-0.25, -0.2) is 8.42 Å². The molecule has 0 spiro atoms. The number of carbonyl (C=O) groups excluding carboxylic acids is 1. The number of hydrogen-bond donors (Lipinski definition) is 0. The van der Waals surface area contributed by atoms with E-state index in [9.17, 15) is 13.2 Å². The molecule has 2 aliphatic rings. The second-order valence-corrected chi connectivity index (χ2v) is 9.37. The molecular formula is C16H21ClN2O3S. The number of amides is 1. The fraction of sp³-hybridized carbons (Fsp3) is 0.562. The van der Waals surface area contributed by atoms with Crippen molar-refractivity contribution in [1.82, 2.24) is 4.90 Å². The van der Waals surface area contributed by atoms with Crippen LogP contribution < -0.4 is 4.90 Å². The molecule has 0 N–H and O–H groups in total. The van der Waals surface area contributed by atoms with Crippen LogP contribution in [0.15, 0.2) is 24.3 Å². The maximum atomic E-state index is 12.7. The molecule has 1 amide bonds. The van der Waals surface area contributed by atoms with Gasteiger partial charge in [-0.15, -0.1) is 0 Å². The van der Waals surface area contributed by atoms with Crippen molar-refractivity contribution in [1.29, 1.82) is 0 Å². The lowest BCUT2D eigenvalue weighted by Crippen LogP contribution is -2.62. The molecule has 5 nitrogen and oxygen atoms in total. The number of benzene rings is 1. The standard InChI is InChI=1S/C16H21ClN2O3S/c1-11(2)7-18-8-16(20)19(13-5-3-12(17)4-6-13)15-10-23(21,22)9-14(15)18/h3-6,11,14-15H,7-10H2,1-2H3. The number of hydrogen-bond acceptors (Lipinski definition) is 4. The monoisotopic (exact) mass is 356 g/mol. The van der Waals surface area contributed by atoms with E-state index < -0.39 is 9.84 Å². The highest BCUT2D eigenvalue weighted by molar-refractivity contribution is 7.91. The van der Waals surface area contributed by atoms with Crippen LogP contribution in [0.2, 0.25) is 5.02 Å². The average Bonchev–Trinajstić information content (AvgIpc) is 2.75. The molecule has 2 saturated heterocycles. The number of anilines is 1. The molecule has 0 radical (unpaired) electrons. The Bertz CT molecular complexity index is 703. The van der Waals surface area contributed by atoms with Crippen LogP contribution in [0, 0.1) is 5.92 Å². The summed E-state index contributed by atoms with van der Waals surface area (Å²) >= 11 is 5.92. The normalized spacial score (nSPS) is 27.5. The van der Waals surface area contributed by atoms with Gasteiger partial charge >= 0.3 is 0 Å². The van der Waals surface area contributed by atoms with Gasteiger partial charge in [-0.1, -0.05) is 25.4 Å². The van der Waals surface area contributed by atoms with Crippen LogP contribution in [0.3, 0.4) is 0 Å². The van der Waals surface area contributed by atoms with Crippen LogP contribution in [0.1, 0.15) is 13.8 Å². The minimum absolute atomic E-state index is 0.0284. The molecule has 23 heavy (non-hydrogen) atoms. The molecule has 2 heterocycles. The van der Waals surface area contributed by atoms with Gasteiger partial charge in [0.05, 0.1) is 24.1 Å². The van der Waals surface area contributed by atoms with E-state index in [0.717, 1.165) is 12.2 Å². The highest BCUT2D eigenvalue weighted by atomic mass is 35.5. The van der Waals surface area contributed by atoms with Crippen LogP contribution in [0.25, 0.3) is 0 Å². The quantitative estimate of drug-likeness (QED) is 0.828. The van der Waals surface area contributed by atoms with Crippen molar-refractivity contribution < 1.29 is 13.2 Å². The van der Waals surface area contributed by atoms with Crippen LogP contribution >= 0.6 is 11.6 Å². The lowest BCUT2D eigenvalue weighted by molar-refractivity contribution is -0.123. The van der Waals surface area contributed by atoms with Crippen LogP contribution in [-0.2, 0) is 14.6 Å². The Balaban J connectivity index is 1.96. The number of halogens is 1. The Morgan fingerprint density at radius 1 is 1.17 bits per heavy atom. The lowest BCUT2D eigenvalue weighted by Gasteiger charge is -2.44. The molecule has 3 rings (SSSR count).